The van der Waals surface area contributed by atoms with Crippen LogP contribution >= 0.6 is 0 Å². The highest BCUT2D eigenvalue weighted by atomic mass is 15.0. The molecule has 0 saturated carbocycles. The van der Waals surface area contributed by atoms with Gasteiger partial charge in [-0.15, -0.1) is 0 Å². The summed E-state index contributed by atoms with van der Waals surface area (Å²) in [7, 11) is 2.02. The smallest absolute Gasteiger partial charge is 0.141 e. The summed E-state index contributed by atoms with van der Waals surface area (Å²) in [4.78, 5) is 8.90. The number of para-hydroxylation sites is 1. The Labute approximate surface area is 106 Å². The third-order valence-electron chi connectivity index (χ3n) is 2.72. The fourth-order valence-corrected chi connectivity index (χ4v) is 1.85. The maximum Gasteiger partial charge on any atom is 0.141 e. The predicted octanol–water partition coefficient (Wildman–Crippen LogP) is 1.63. The minimum atomic E-state index is 0.834. The van der Waals surface area contributed by atoms with Gasteiger partial charge in [-0.1, -0.05) is 23.7 Å². The highest BCUT2D eigenvalue weighted by Crippen LogP contribution is 2.16. The van der Waals surface area contributed by atoms with E-state index in [1.54, 1.807) is 0 Å². The maximum absolute atomic E-state index is 4.56. The van der Waals surface area contributed by atoms with E-state index < -0.39 is 0 Å². The van der Waals surface area contributed by atoms with Crippen molar-refractivity contribution in [2.75, 3.05) is 5.32 Å². The van der Waals surface area contributed by atoms with E-state index in [9.17, 15) is 0 Å². The lowest BCUT2D eigenvalue weighted by Crippen LogP contribution is -2.03. The van der Waals surface area contributed by atoms with Gasteiger partial charge in [-0.25, -0.2) is 4.98 Å². The first kappa shape index (κ1) is 10.8. The number of fused-ring (bicyclic) bond motifs is 1. The van der Waals surface area contributed by atoms with Gasteiger partial charge >= 0.3 is 0 Å². The van der Waals surface area contributed by atoms with E-state index in [1.165, 1.54) is 0 Å². The van der Waals surface area contributed by atoms with Crippen LogP contribution in [-0.4, -0.2) is 17.8 Å². The van der Waals surface area contributed by atoms with E-state index in [2.05, 4.69) is 15.3 Å². The zero-order valence-electron chi connectivity index (χ0n) is 10.1. The van der Waals surface area contributed by atoms with Gasteiger partial charge in [-0.05, 0) is 30.3 Å². The standard InChI is InChI=1S/C14H12BN3/c15-10-8-13-12(16-9-10)6-7-14(18-13)17-11-4-2-1-3-5-11/h1-9H,15H2,(H,17,18). The number of hydrogen-bond donors (Lipinski definition) is 1. The molecule has 2 heterocycles. The Kier molecular flexibility index (Phi) is 2.69. The van der Waals surface area contributed by atoms with Crippen LogP contribution in [0.2, 0.25) is 0 Å². The summed E-state index contributed by atoms with van der Waals surface area (Å²) in [5.41, 5.74) is 3.98. The fourth-order valence-electron chi connectivity index (χ4n) is 1.85. The van der Waals surface area contributed by atoms with Gasteiger partial charge in [-0.2, -0.15) is 0 Å². The van der Waals surface area contributed by atoms with Crippen molar-refractivity contribution in [1.29, 1.82) is 0 Å². The van der Waals surface area contributed by atoms with Gasteiger partial charge in [0.05, 0.1) is 11.0 Å². The Hall–Kier alpha value is -2.36. The van der Waals surface area contributed by atoms with Crippen molar-refractivity contribution in [2.45, 2.75) is 0 Å². The monoisotopic (exact) mass is 233 g/mol. The van der Waals surface area contributed by atoms with Crippen molar-refractivity contribution in [3.05, 3.63) is 54.7 Å². The first-order valence-electron chi connectivity index (χ1n) is 5.87. The summed E-state index contributed by atoms with van der Waals surface area (Å²) in [5.74, 6) is 0.834. The van der Waals surface area contributed by atoms with Crippen LogP contribution in [0, 0.1) is 0 Å². The Morgan fingerprint density at radius 3 is 2.61 bits per heavy atom. The van der Waals surface area contributed by atoms with E-state index in [1.807, 2.05) is 62.6 Å². The molecule has 86 valence electrons. The van der Waals surface area contributed by atoms with Crippen LogP contribution in [0.3, 0.4) is 0 Å². The number of benzene rings is 1. The molecule has 1 aromatic carbocycles. The van der Waals surface area contributed by atoms with Crippen LogP contribution in [0.1, 0.15) is 0 Å². The lowest BCUT2D eigenvalue weighted by molar-refractivity contribution is 1.33. The van der Waals surface area contributed by atoms with Crippen molar-refractivity contribution < 1.29 is 0 Å². The van der Waals surface area contributed by atoms with Gasteiger partial charge in [0.1, 0.15) is 13.7 Å². The summed E-state index contributed by atoms with van der Waals surface area (Å²) in [5, 5.41) is 3.28. The number of rotatable bonds is 2. The molecule has 0 bridgehead atoms. The molecule has 3 aromatic rings. The molecule has 0 aliphatic rings. The molecule has 0 saturated heterocycles. The molecule has 0 fully saturated rings. The van der Waals surface area contributed by atoms with Gasteiger partial charge in [0.2, 0.25) is 0 Å². The number of nitrogens with zero attached hydrogens (tertiary/aromatic N) is 2. The van der Waals surface area contributed by atoms with E-state index in [0.717, 1.165) is 28.0 Å². The molecule has 0 aliphatic heterocycles. The topological polar surface area (TPSA) is 37.8 Å². The van der Waals surface area contributed by atoms with Crippen LogP contribution < -0.4 is 10.8 Å². The summed E-state index contributed by atoms with van der Waals surface area (Å²) in [6.07, 6.45) is 1.86. The maximum atomic E-state index is 4.56. The van der Waals surface area contributed by atoms with Crippen molar-refractivity contribution in [3.63, 3.8) is 0 Å². The van der Waals surface area contributed by atoms with E-state index >= 15 is 0 Å². The summed E-state index contributed by atoms with van der Waals surface area (Å²) < 4.78 is 0. The van der Waals surface area contributed by atoms with Gasteiger partial charge in [0, 0.05) is 11.9 Å². The van der Waals surface area contributed by atoms with Crippen LogP contribution in [0.25, 0.3) is 11.0 Å². The molecule has 0 spiro atoms. The molecule has 0 atom stereocenters. The van der Waals surface area contributed by atoms with E-state index in [4.69, 9.17) is 0 Å². The van der Waals surface area contributed by atoms with E-state index in [-0.39, 0.29) is 0 Å². The van der Waals surface area contributed by atoms with Gasteiger partial charge in [0.15, 0.2) is 0 Å². The zero-order chi connectivity index (χ0) is 12.4. The Balaban J connectivity index is 1.98. The summed E-state index contributed by atoms with van der Waals surface area (Å²) in [6.45, 7) is 0. The minimum absolute atomic E-state index is 0.834. The number of anilines is 2. The molecule has 18 heavy (non-hydrogen) atoms. The second kappa shape index (κ2) is 4.49. The molecule has 4 heteroatoms. The molecule has 3 rings (SSSR count). The van der Waals surface area contributed by atoms with Crippen molar-refractivity contribution in [2.24, 2.45) is 0 Å². The van der Waals surface area contributed by atoms with Crippen LogP contribution in [0.4, 0.5) is 11.5 Å². The largest absolute Gasteiger partial charge is 0.340 e. The lowest BCUT2D eigenvalue weighted by Gasteiger charge is -2.06. The summed E-state index contributed by atoms with van der Waals surface area (Å²) in [6, 6.07) is 16.0. The normalized spacial score (nSPS) is 10.4. The highest BCUT2D eigenvalue weighted by molar-refractivity contribution is 6.32. The fraction of sp³-hybridized carbons (Fsp3) is 0. The SMILES string of the molecule is Bc1cnc2ccc(Nc3ccccc3)nc2c1. The second-order valence-electron chi connectivity index (χ2n) is 4.24. The first-order valence-corrected chi connectivity index (χ1v) is 5.87. The molecular weight excluding hydrogens is 221 g/mol. The first-order chi connectivity index (χ1) is 8.81. The zero-order valence-corrected chi connectivity index (χ0v) is 10.1. The van der Waals surface area contributed by atoms with Crippen molar-refractivity contribution >= 4 is 35.8 Å². The average Bonchev–Trinajstić information content (AvgIpc) is 2.39. The molecular formula is C14H12BN3. The van der Waals surface area contributed by atoms with Crippen LogP contribution in [0.5, 0.6) is 0 Å². The average molecular weight is 233 g/mol. The highest BCUT2D eigenvalue weighted by Gasteiger charge is 2.00. The van der Waals surface area contributed by atoms with Gasteiger partial charge in [0.25, 0.3) is 0 Å². The molecule has 0 radical (unpaired) electrons. The Bertz CT molecular complexity index is 683. The number of pyridine rings is 2. The second-order valence-corrected chi connectivity index (χ2v) is 4.24. The van der Waals surface area contributed by atoms with Crippen LogP contribution in [0.15, 0.2) is 54.7 Å². The number of hydrogen-bond acceptors (Lipinski definition) is 3. The number of aromatic nitrogens is 2. The third-order valence-corrected chi connectivity index (χ3v) is 2.72. The number of nitrogens with one attached hydrogen (secondary N) is 1. The van der Waals surface area contributed by atoms with Crippen LogP contribution in [-0.2, 0) is 0 Å². The Morgan fingerprint density at radius 1 is 0.944 bits per heavy atom. The van der Waals surface area contributed by atoms with Gasteiger partial charge < -0.3 is 5.32 Å². The minimum Gasteiger partial charge on any atom is -0.340 e. The molecule has 0 amide bonds. The molecule has 1 N–H and O–H groups in total. The van der Waals surface area contributed by atoms with Crippen molar-refractivity contribution in [1.82, 2.24) is 9.97 Å². The predicted molar refractivity (Wildman–Crippen MR) is 77.4 cm³/mol. The Morgan fingerprint density at radius 2 is 1.78 bits per heavy atom. The summed E-state index contributed by atoms with van der Waals surface area (Å²) >= 11 is 0. The lowest BCUT2D eigenvalue weighted by atomic mass is 9.98. The molecule has 0 unspecified atom stereocenters. The van der Waals surface area contributed by atoms with E-state index in [0.29, 0.717) is 0 Å². The molecule has 3 nitrogen and oxygen atoms in total. The third kappa shape index (κ3) is 2.18. The molecule has 0 aliphatic carbocycles. The van der Waals surface area contributed by atoms with Gasteiger partial charge in [-0.3, -0.25) is 4.98 Å². The quantitative estimate of drug-likeness (QED) is 0.683. The molecule has 2 aromatic heterocycles. The van der Waals surface area contributed by atoms with Crippen molar-refractivity contribution in [3.8, 4) is 0 Å².